The number of nitrogens with one attached hydrogen (secondary N) is 1. The Hall–Kier alpha value is -0.380. The summed E-state index contributed by atoms with van der Waals surface area (Å²) in [4.78, 5) is 0. The van der Waals surface area contributed by atoms with Crippen LogP contribution >= 0.6 is 15.9 Å². The number of halogens is 1. The molecule has 106 valence electrons. The first kappa shape index (κ1) is 15.0. The van der Waals surface area contributed by atoms with E-state index in [9.17, 15) is 0 Å². The van der Waals surface area contributed by atoms with Gasteiger partial charge in [-0.25, -0.2) is 0 Å². The van der Waals surface area contributed by atoms with E-state index in [4.69, 9.17) is 4.74 Å². The van der Waals surface area contributed by atoms with Crippen LogP contribution in [0.15, 0.2) is 28.7 Å². The molecule has 1 aliphatic rings. The van der Waals surface area contributed by atoms with Crippen molar-refractivity contribution < 1.29 is 4.74 Å². The summed E-state index contributed by atoms with van der Waals surface area (Å²) >= 11 is 3.56. The van der Waals surface area contributed by atoms with E-state index < -0.39 is 0 Å². The summed E-state index contributed by atoms with van der Waals surface area (Å²) in [5, 5.41) is 3.66. The highest BCUT2D eigenvalue weighted by molar-refractivity contribution is 9.10. The van der Waals surface area contributed by atoms with Gasteiger partial charge in [0, 0.05) is 23.0 Å². The molecule has 1 saturated heterocycles. The Morgan fingerprint density at radius 3 is 2.95 bits per heavy atom. The van der Waals surface area contributed by atoms with Gasteiger partial charge in [-0.15, -0.1) is 0 Å². The van der Waals surface area contributed by atoms with Gasteiger partial charge in [0.2, 0.25) is 0 Å². The van der Waals surface area contributed by atoms with Crippen LogP contribution in [0.3, 0.4) is 0 Å². The quantitative estimate of drug-likeness (QED) is 0.859. The second-order valence-corrected chi connectivity index (χ2v) is 6.18. The highest BCUT2D eigenvalue weighted by Gasteiger charge is 2.33. The lowest BCUT2D eigenvalue weighted by Gasteiger charge is -2.28. The zero-order valence-electron chi connectivity index (χ0n) is 11.9. The van der Waals surface area contributed by atoms with E-state index in [-0.39, 0.29) is 0 Å². The van der Waals surface area contributed by atoms with Crippen LogP contribution in [0.5, 0.6) is 0 Å². The smallest absolute Gasteiger partial charge is 0.0616 e. The fraction of sp³-hybridized carbons (Fsp3) is 0.625. The summed E-state index contributed by atoms with van der Waals surface area (Å²) < 4.78 is 7.02. The van der Waals surface area contributed by atoms with Gasteiger partial charge in [-0.1, -0.05) is 41.9 Å². The third-order valence-electron chi connectivity index (χ3n) is 3.99. The number of hydrogen-bond donors (Lipinski definition) is 1. The number of hydrogen-bond acceptors (Lipinski definition) is 2. The van der Waals surface area contributed by atoms with Gasteiger partial charge >= 0.3 is 0 Å². The van der Waals surface area contributed by atoms with Crippen molar-refractivity contribution in [2.75, 3.05) is 13.2 Å². The normalized spacial score (nSPS) is 24.6. The largest absolute Gasteiger partial charge is 0.378 e. The fourth-order valence-corrected chi connectivity index (χ4v) is 3.55. The molecule has 3 atom stereocenters. The molecule has 2 nitrogen and oxygen atoms in total. The highest BCUT2D eigenvalue weighted by atomic mass is 79.9. The Morgan fingerprint density at radius 1 is 1.42 bits per heavy atom. The number of likely N-dealkylation sites (N-methyl/N-ethyl adjacent to an activating group) is 1. The minimum Gasteiger partial charge on any atom is -0.378 e. The van der Waals surface area contributed by atoms with Gasteiger partial charge < -0.3 is 10.1 Å². The van der Waals surface area contributed by atoms with Crippen molar-refractivity contribution in [3.05, 3.63) is 34.3 Å². The third-order valence-corrected chi connectivity index (χ3v) is 4.48. The molecule has 1 aliphatic heterocycles. The van der Waals surface area contributed by atoms with Gasteiger partial charge in [-0.2, -0.15) is 0 Å². The predicted molar refractivity (Wildman–Crippen MR) is 83.4 cm³/mol. The van der Waals surface area contributed by atoms with Gasteiger partial charge in [-0.3, -0.25) is 0 Å². The molecule has 1 heterocycles. The van der Waals surface area contributed by atoms with Crippen molar-refractivity contribution in [3.63, 3.8) is 0 Å². The standard InChI is InChI=1S/C16H24BrNO/c1-3-16-14(8-9-19-16)15(18-4-2)11-12-6-5-7-13(17)10-12/h5-7,10,14-16,18H,3-4,8-9,11H2,1-2H3. The van der Waals surface area contributed by atoms with Crippen molar-refractivity contribution in [1.82, 2.24) is 5.32 Å². The lowest BCUT2D eigenvalue weighted by atomic mass is 9.87. The van der Waals surface area contributed by atoms with E-state index in [1.54, 1.807) is 0 Å². The zero-order chi connectivity index (χ0) is 13.7. The molecule has 1 aromatic rings. The first-order valence-corrected chi connectivity index (χ1v) is 8.13. The van der Waals surface area contributed by atoms with Crippen molar-refractivity contribution in [1.29, 1.82) is 0 Å². The summed E-state index contributed by atoms with van der Waals surface area (Å²) in [6, 6.07) is 9.16. The molecule has 1 N–H and O–H groups in total. The van der Waals surface area contributed by atoms with Crippen LogP contribution in [0.1, 0.15) is 32.3 Å². The molecular formula is C16H24BrNO. The first-order chi connectivity index (χ1) is 9.24. The SMILES string of the molecule is CCNC(Cc1cccc(Br)c1)C1CCOC1CC. The molecule has 0 saturated carbocycles. The lowest BCUT2D eigenvalue weighted by Crippen LogP contribution is -2.41. The summed E-state index contributed by atoms with van der Waals surface area (Å²) in [5.74, 6) is 0.643. The Kier molecular flexibility index (Phi) is 5.86. The Labute approximate surface area is 125 Å². The molecule has 1 fully saturated rings. The van der Waals surface area contributed by atoms with Crippen LogP contribution in [0.2, 0.25) is 0 Å². The zero-order valence-corrected chi connectivity index (χ0v) is 13.4. The van der Waals surface area contributed by atoms with Gasteiger partial charge in [0.15, 0.2) is 0 Å². The topological polar surface area (TPSA) is 21.3 Å². The summed E-state index contributed by atoms with van der Waals surface area (Å²) in [6.45, 7) is 6.35. The second-order valence-electron chi connectivity index (χ2n) is 5.27. The van der Waals surface area contributed by atoms with Crippen LogP contribution in [-0.2, 0) is 11.2 Å². The minimum absolute atomic E-state index is 0.427. The molecule has 0 aliphatic carbocycles. The highest BCUT2D eigenvalue weighted by Crippen LogP contribution is 2.28. The summed E-state index contributed by atoms with van der Waals surface area (Å²) in [7, 11) is 0. The van der Waals surface area contributed by atoms with E-state index in [0.29, 0.717) is 18.1 Å². The number of benzene rings is 1. The Balaban J connectivity index is 2.07. The Bertz CT molecular complexity index is 396. The molecule has 0 bridgehead atoms. The molecule has 0 spiro atoms. The molecule has 3 heteroatoms. The molecule has 0 radical (unpaired) electrons. The van der Waals surface area contributed by atoms with Crippen LogP contribution < -0.4 is 5.32 Å². The van der Waals surface area contributed by atoms with Crippen molar-refractivity contribution in [2.24, 2.45) is 5.92 Å². The first-order valence-electron chi connectivity index (χ1n) is 7.34. The van der Waals surface area contributed by atoms with Crippen molar-refractivity contribution >= 4 is 15.9 Å². The van der Waals surface area contributed by atoms with Crippen LogP contribution in [0, 0.1) is 5.92 Å². The number of rotatable bonds is 6. The number of ether oxygens (including phenoxy) is 1. The van der Waals surface area contributed by atoms with E-state index in [1.807, 2.05) is 0 Å². The summed E-state index contributed by atoms with van der Waals surface area (Å²) in [6.07, 6.45) is 3.81. The van der Waals surface area contributed by atoms with Gasteiger partial charge in [-0.05, 0) is 43.5 Å². The van der Waals surface area contributed by atoms with E-state index in [2.05, 4.69) is 59.4 Å². The Morgan fingerprint density at radius 2 is 2.26 bits per heavy atom. The van der Waals surface area contributed by atoms with E-state index in [0.717, 1.165) is 30.5 Å². The average Bonchev–Trinajstić information content (AvgIpc) is 2.86. The molecule has 0 amide bonds. The molecule has 0 aromatic heterocycles. The maximum atomic E-state index is 5.85. The maximum Gasteiger partial charge on any atom is 0.0616 e. The maximum absolute atomic E-state index is 5.85. The fourth-order valence-electron chi connectivity index (χ4n) is 3.10. The lowest BCUT2D eigenvalue weighted by molar-refractivity contribution is 0.0776. The minimum atomic E-state index is 0.427. The molecule has 1 aromatic carbocycles. The van der Waals surface area contributed by atoms with Gasteiger partial charge in [0.05, 0.1) is 6.10 Å². The van der Waals surface area contributed by atoms with Crippen LogP contribution in [-0.4, -0.2) is 25.3 Å². The summed E-state index contributed by atoms with van der Waals surface area (Å²) in [5.41, 5.74) is 1.39. The third kappa shape index (κ3) is 4.04. The predicted octanol–water partition coefficient (Wildman–Crippen LogP) is 3.78. The molecular weight excluding hydrogens is 302 g/mol. The van der Waals surface area contributed by atoms with Crippen molar-refractivity contribution in [3.8, 4) is 0 Å². The van der Waals surface area contributed by atoms with Gasteiger partial charge in [0.25, 0.3) is 0 Å². The molecule has 2 rings (SSSR count). The van der Waals surface area contributed by atoms with E-state index in [1.165, 1.54) is 12.0 Å². The van der Waals surface area contributed by atoms with Crippen LogP contribution in [0.4, 0.5) is 0 Å². The monoisotopic (exact) mass is 325 g/mol. The molecule has 3 unspecified atom stereocenters. The second kappa shape index (κ2) is 7.41. The van der Waals surface area contributed by atoms with Crippen molar-refractivity contribution in [2.45, 2.75) is 45.3 Å². The van der Waals surface area contributed by atoms with E-state index >= 15 is 0 Å². The molecule has 19 heavy (non-hydrogen) atoms. The van der Waals surface area contributed by atoms with Gasteiger partial charge in [0.1, 0.15) is 0 Å². The average molecular weight is 326 g/mol. The van der Waals surface area contributed by atoms with Crippen LogP contribution in [0.25, 0.3) is 0 Å².